The van der Waals surface area contributed by atoms with Crippen molar-refractivity contribution in [2.75, 3.05) is 6.26 Å². The standard InChI is InChI=1S/C17H15ClN2O3S/c1-24(22)11-12-3-2-4-13(7-12)17(21)23-10-15-9-20-8-14(18)5-6-16(20)19-15/h2-9H,10-11H2,1H3. The van der Waals surface area contributed by atoms with E-state index in [4.69, 9.17) is 16.3 Å². The molecule has 0 aliphatic carbocycles. The fourth-order valence-corrected chi connectivity index (χ4v) is 3.15. The first kappa shape index (κ1) is 16.7. The minimum atomic E-state index is -0.958. The SMILES string of the molecule is CS(=O)Cc1cccc(C(=O)OCc2cn3cc(Cl)ccc3n2)c1. The lowest BCUT2D eigenvalue weighted by Gasteiger charge is -2.05. The number of esters is 1. The molecule has 0 aliphatic rings. The molecule has 0 saturated carbocycles. The monoisotopic (exact) mass is 362 g/mol. The summed E-state index contributed by atoms with van der Waals surface area (Å²) in [4.78, 5) is 16.5. The van der Waals surface area contributed by atoms with E-state index in [9.17, 15) is 9.00 Å². The molecule has 2 aromatic heterocycles. The van der Waals surface area contributed by atoms with E-state index in [0.717, 1.165) is 11.2 Å². The van der Waals surface area contributed by atoms with Crippen LogP contribution in [0.4, 0.5) is 0 Å². The zero-order valence-corrected chi connectivity index (χ0v) is 14.5. The van der Waals surface area contributed by atoms with Gasteiger partial charge in [0.05, 0.1) is 16.3 Å². The zero-order chi connectivity index (χ0) is 17.1. The molecule has 3 aromatic rings. The number of hydrogen-bond acceptors (Lipinski definition) is 4. The van der Waals surface area contributed by atoms with Crippen LogP contribution in [0.15, 0.2) is 48.8 Å². The number of nitrogens with zero attached hydrogens (tertiary/aromatic N) is 2. The topological polar surface area (TPSA) is 60.7 Å². The zero-order valence-electron chi connectivity index (χ0n) is 12.9. The van der Waals surface area contributed by atoms with Crippen LogP contribution in [0.5, 0.6) is 0 Å². The Hall–Kier alpha value is -2.18. The molecule has 1 atom stereocenters. The molecule has 0 fully saturated rings. The van der Waals surface area contributed by atoms with Gasteiger partial charge in [0.25, 0.3) is 0 Å². The fraction of sp³-hybridized carbons (Fsp3) is 0.176. The van der Waals surface area contributed by atoms with Crippen molar-refractivity contribution in [1.82, 2.24) is 9.38 Å². The number of rotatable bonds is 5. The van der Waals surface area contributed by atoms with Gasteiger partial charge >= 0.3 is 5.97 Å². The number of carbonyl (C=O) groups is 1. The number of imidazole rings is 1. The van der Waals surface area contributed by atoms with Gasteiger partial charge in [0, 0.05) is 35.2 Å². The molecule has 0 N–H and O–H groups in total. The maximum absolute atomic E-state index is 12.2. The van der Waals surface area contributed by atoms with Gasteiger partial charge in [-0.1, -0.05) is 23.7 Å². The number of pyridine rings is 1. The molecular formula is C17H15ClN2O3S. The van der Waals surface area contributed by atoms with Gasteiger partial charge in [0.2, 0.25) is 0 Å². The van der Waals surface area contributed by atoms with Crippen molar-refractivity contribution in [3.63, 3.8) is 0 Å². The quantitative estimate of drug-likeness (QED) is 0.654. The number of fused-ring (bicyclic) bond motifs is 1. The van der Waals surface area contributed by atoms with Gasteiger partial charge in [-0.2, -0.15) is 0 Å². The Morgan fingerprint density at radius 1 is 1.29 bits per heavy atom. The molecule has 0 saturated heterocycles. The van der Waals surface area contributed by atoms with Gasteiger partial charge < -0.3 is 9.14 Å². The lowest BCUT2D eigenvalue weighted by molar-refractivity contribution is 0.0468. The number of benzene rings is 1. The Morgan fingerprint density at radius 3 is 2.92 bits per heavy atom. The van der Waals surface area contributed by atoms with E-state index < -0.39 is 16.8 Å². The highest BCUT2D eigenvalue weighted by molar-refractivity contribution is 7.83. The predicted molar refractivity (Wildman–Crippen MR) is 93.5 cm³/mol. The van der Waals surface area contributed by atoms with Gasteiger partial charge in [-0.3, -0.25) is 4.21 Å². The maximum Gasteiger partial charge on any atom is 0.338 e. The van der Waals surface area contributed by atoms with E-state index in [1.807, 2.05) is 6.07 Å². The van der Waals surface area contributed by atoms with Gasteiger partial charge in [0.15, 0.2) is 0 Å². The maximum atomic E-state index is 12.2. The molecular weight excluding hydrogens is 348 g/mol. The third kappa shape index (κ3) is 4.01. The molecule has 7 heteroatoms. The van der Waals surface area contributed by atoms with Crippen LogP contribution in [0.2, 0.25) is 5.02 Å². The first-order valence-corrected chi connectivity index (χ1v) is 9.31. The molecule has 24 heavy (non-hydrogen) atoms. The van der Waals surface area contributed by atoms with E-state index in [1.54, 1.807) is 53.4 Å². The number of aromatic nitrogens is 2. The lowest BCUT2D eigenvalue weighted by Crippen LogP contribution is -2.06. The number of halogens is 1. The van der Waals surface area contributed by atoms with Crippen LogP contribution >= 0.6 is 11.6 Å². The van der Waals surface area contributed by atoms with Gasteiger partial charge in [-0.25, -0.2) is 9.78 Å². The van der Waals surface area contributed by atoms with Crippen LogP contribution < -0.4 is 0 Å². The van der Waals surface area contributed by atoms with E-state index in [2.05, 4.69) is 4.98 Å². The summed E-state index contributed by atoms with van der Waals surface area (Å²) in [6.45, 7) is 0.0715. The van der Waals surface area contributed by atoms with Crippen LogP contribution in [-0.4, -0.2) is 25.8 Å². The van der Waals surface area contributed by atoms with Crippen LogP contribution in [0, 0.1) is 0 Å². The van der Waals surface area contributed by atoms with Crippen LogP contribution in [-0.2, 0) is 27.9 Å². The average molecular weight is 363 g/mol. The molecule has 0 amide bonds. The molecule has 124 valence electrons. The van der Waals surface area contributed by atoms with E-state index in [1.165, 1.54) is 0 Å². The van der Waals surface area contributed by atoms with Crippen LogP contribution in [0.25, 0.3) is 5.65 Å². The summed E-state index contributed by atoms with van der Waals surface area (Å²) >= 11 is 5.93. The number of carbonyl (C=O) groups excluding carboxylic acids is 1. The van der Waals surface area contributed by atoms with Crippen molar-refractivity contribution in [2.24, 2.45) is 0 Å². The van der Waals surface area contributed by atoms with Crippen molar-refractivity contribution in [2.45, 2.75) is 12.4 Å². The molecule has 1 unspecified atom stereocenters. The highest BCUT2D eigenvalue weighted by atomic mass is 35.5. The van der Waals surface area contributed by atoms with Crippen LogP contribution in [0.3, 0.4) is 0 Å². The van der Waals surface area contributed by atoms with E-state index in [-0.39, 0.29) is 6.61 Å². The average Bonchev–Trinajstić information content (AvgIpc) is 2.94. The summed E-state index contributed by atoms with van der Waals surface area (Å²) < 4.78 is 18.4. The van der Waals surface area contributed by atoms with Crippen LogP contribution in [0.1, 0.15) is 21.6 Å². The van der Waals surface area contributed by atoms with Gasteiger partial charge in [-0.05, 0) is 29.8 Å². The highest BCUT2D eigenvalue weighted by Crippen LogP contribution is 2.13. The second kappa shape index (κ2) is 7.15. The molecule has 5 nitrogen and oxygen atoms in total. The normalized spacial score (nSPS) is 12.2. The molecule has 0 radical (unpaired) electrons. The Labute approximate surface area is 146 Å². The Bertz CT molecular complexity index is 923. The molecule has 0 spiro atoms. The summed E-state index contributed by atoms with van der Waals surface area (Å²) in [7, 11) is -0.958. The first-order chi connectivity index (χ1) is 11.5. The predicted octanol–water partition coefficient (Wildman–Crippen LogP) is 3.22. The molecule has 0 aliphatic heterocycles. The van der Waals surface area contributed by atoms with Crippen molar-refractivity contribution >= 4 is 34.0 Å². The van der Waals surface area contributed by atoms with Crippen molar-refractivity contribution in [3.05, 3.63) is 70.6 Å². The number of hydrogen-bond donors (Lipinski definition) is 0. The minimum Gasteiger partial charge on any atom is -0.456 e. The van der Waals surface area contributed by atoms with Gasteiger partial charge in [-0.15, -0.1) is 0 Å². The number of ether oxygens (including phenoxy) is 1. The summed E-state index contributed by atoms with van der Waals surface area (Å²) in [5.41, 5.74) is 2.65. The summed E-state index contributed by atoms with van der Waals surface area (Å²) in [6.07, 6.45) is 5.13. The van der Waals surface area contributed by atoms with Crippen molar-refractivity contribution in [3.8, 4) is 0 Å². The van der Waals surface area contributed by atoms with Gasteiger partial charge in [0.1, 0.15) is 12.3 Å². The highest BCUT2D eigenvalue weighted by Gasteiger charge is 2.10. The Morgan fingerprint density at radius 2 is 2.12 bits per heavy atom. The Balaban J connectivity index is 1.69. The lowest BCUT2D eigenvalue weighted by atomic mass is 10.1. The minimum absolute atomic E-state index is 0.0715. The second-order valence-electron chi connectivity index (χ2n) is 5.34. The smallest absolute Gasteiger partial charge is 0.338 e. The van der Waals surface area contributed by atoms with E-state index >= 15 is 0 Å². The largest absolute Gasteiger partial charge is 0.456 e. The Kier molecular flexibility index (Phi) is 4.97. The van der Waals surface area contributed by atoms with Crippen molar-refractivity contribution < 1.29 is 13.7 Å². The molecule has 3 rings (SSSR count). The summed E-state index contributed by atoms with van der Waals surface area (Å²) in [6, 6.07) is 10.5. The molecule has 1 aromatic carbocycles. The molecule has 2 heterocycles. The summed E-state index contributed by atoms with van der Waals surface area (Å²) in [5, 5.41) is 0.605. The second-order valence-corrected chi connectivity index (χ2v) is 7.21. The molecule has 0 bridgehead atoms. The van der Waals surface area contributed by atoms with E-state index in [0.29, 0.717) is 22.0 Å². The van der Waals surface area contributed by atoms with Crippen molar-refractivity contribution in [1.29, 1.82) is 0 Å². The third-order valence-electron chi connectivity index (χ3n) is 3.35. The first-order valence-electron chi connectivity index (χ1n) is 7.20. The fourth-order valence-electron chi connectivity index (χ4n) is 2.33. The third-order valence-corrected chi connectivity index (χ3v) is 4.31. The summed E-state index contributed by atoms with van der Waals surface area (Å²) in [5.74, 6) is -0.0252.